The maximum atomic E-state index is 14.6. The van der Waals surface area contributed by atoms with Crippen LogP contribution in [0.4, 0.5) is 44.7 Å². The van der Waals surface area contributed by atoms with E-state index in [2.05, 4.69) is 14.4 Å². The van der Waals surface area contributed by atoms with Gasteiger partial charge in [0.1, 0.15) is 24.4 Å². The molecule has 0 fully saturated rings. The van der Waals surface area contributed by atoms with Gasteiger partial charge in [0.15, 0.2) is 34.8 Å². The predicted octanol–water partition coefficient (Wildman–Crippen LogP) is 5.87. The van der Waals surface area contributed by atoms with Crippen LogP contribution < -0.4 is 15.7 Å². The second kappa shape index (κ2) is 14.1. The van der Waals surface area contributed by atoms with Crippen LogP contribution in [0.3, 0.4) is 0 Å². The fraction of sp³-hybridized carbons (Fsp3) is 0.385. The van der Waals surface area contributed by atoms with Gasteiger partial charge in [-0.1, -0.05) is 0 Å². The lowest BCUT2D eigenvalue weighted by Crippen LogP contribution is -2.34. The molecule has 11 nitrogen and oxygen atoms in total. The third kappa shape index (κ3) is 9.24. The van der Waals surface area contributed by atoms with E-state index in [9.17, 15) is 54.3 Å². The largest absolute Gasteiger partial charge is 0.444 e. The van der Waals surface area contributed by atoms with Gasteiger partial charge in [0.25, 0.3) is 0 Å². The van der Waals surface area contributed by atoms with Gasteiger partial charge in [0, 0.05) is 0 Å². The van der Waals surface area contributed by atoms with E-state index >= 15 is 0 Å². The maximum absolute atomic E-state index is 14.6. The second-order valence-corrected chi connectivity index (χ2v) is 10.7. The number of halogens is 8. The summed E-state index contributed by atoms with van der Waals surface area (Å²) in [6.45, 7) is 5.92. The Labute approximate surface area is 248 Å². The Morgan fingerprint density at radius 2 is 0.778 bits per heavy atom. The summed E-state index contributed by atoms with van der Waals surface area (Å²) in [5.74, 6) is -28.5. The fourth-order valence-corrected chi connectivity index (χ4v) is 3.06. The van der Waals surface area contributed by atoms with Crippen molar-refractivity contribution in [3.8, 4) is 11.5 Å². The van der Waals surface area contributed by atoms with Gasteiger partial charge in [-0.05, 0) is 41.5 Å². The molecule has 2 aromatic rings. The van der Waals surface area contributed by atoms with Crippen LogP contribution in [0, 0.1) is 46.5 Å². The number of nitrogens with one attached hydrogen (secondary N) is 2. The van der Waals surface area contributed by atoms with Gasteiger partial charge >= 0.3 is 12.2 Å². The lowest BCUT2D eigenvalue weighted by molar-refractivity contribution is -0.00494. The third-order valence-electron chi connectivity index (χ3n) is 4.72. The number of benzene rings is 2. The highest BCUT2D eigenvalue weighted by molar-refractivity contribution is 5.98. The van der Waals surface area contributed by atoms with E-state index < -0.39 is 117 Å². The molecular weight excluding hydrogens is 636 g/mol. The summed E-state index contributed by atoms with van der Waals surface area (Å²) in [7, 11) is 0. The summed E-state index contributed by atoms with van der Waals surface area (Å²) in [5, 5.41) is 0. The van der Waals surface area contributed by atoms with Crippen molar-refractivity contribution >= 4 is 23.8 Å². The van der Waals surface area contributed by atoms with Crippen LogP contribution in [-0.2, 0) is 19.1 Å². The monoisotopic (exact) mass is 660 g/mol. The minimum absolute atomic E-state index is 1.02. The van der Waals surface area contributed by atoms with Crippen LogP contribution >= 0.6 is 0 Å². The van der Waals surface area contributed by atoms with Gasteiger partial charge in [-0.2, -0.15) is 28.5 Å². The molecule has 0 saturated carbocycles. The van der Waals surface area contributed by atoms with Crippen LogP contribution in [0.1, 0.15) is 62.3 Å². The molecule has 0 bridgehead atoms. The van der Waals surface area contributed by atoms with E-state index in [0.29, 0.717) is 0 Å². The topological polar surface area (TPSA) is 138 Å². The minimum atomic E-state index is -2.58. The van der Waals surface area contributed by atoms with Crippen LogP contribution in [0.5, 0.6) is 11.5 Å². The molecule has 0 unspecified atom stereocenters. The van der Waals surface area contributed by atoms with Crippen LogP contribution in [0.25, 0.3) is 0 Å². The van der Waals surface area contributed by atoms with Crippen molar-refractivity contribution < 1.29 is 78.2 Å². The maximum Gasteiger partial charge on any atom is 0.431 e. The molecule has 0 aromatic heterocycles. The quantitative estimate of drug-likeness (QED) is 0.139. The smallest absolute Gasteiger partial charge is 0.431 e. The number of amides is 2. The van der Waals surface area contributed by atoms with Crippen LogP contribution in [-0.4, -0.2) is 48.2 Å². The highest BCUT2D eigenvalue weighted by atomic mass is 19.2. The van der Waals surface area contributed by atoms with Gasteiger partial charge in [0.05, 0.1) is 11.1 Å². The molecule has 45 heavy (non-hydrogen) atoms. The number of hydrogen-bond donors (Lipinski definition) is 2. The van der Waals surface area contributed by atoms with Crippen molar-refractivity contribution in [1.82, 2.24) is 11.0 Å². The molecule has 0 saturated heterocycles. The van der Waals surface area contributed by atoms with Gasteiger partial charge in [-0.25, -0.2) is 27.2 Å². The van der Waals surface area contributed by atoms with Crippen molar-refractivity contribution in [2.24, 2.45) is 0 Å². The van der Waals surface area contributed by atoms with Crippen molar-refractivity contribution in [2.45, 2.75) is 52.7 Å². The normalized spacial score (nSPS) is 11.6. The third-order valence-corrected chi connectivity index (χ3v) is 4.72. The zero-order valence-corrected chi connectivity index (χ0v) is 24.1. The summed E-state index contributed by atoms with van der Waals surface area (Å²) in [4.78, 5) is 56.0. The molecule has 2 rings (SSSR count). The van der Waals surface area contributed by atoms with Gasteiger partial charge in [0.2, 0.25) is 34.8 Å². The Morgan fingerprint density at radius 3 is 1.02 bits per heavy atom. The number of rotatable bonds is 10. The van der Waals surface area contributed by atoms with Gasteiger partial charge in [-0.15, -0.1) is 0 Å². The molecule has 0 aliphatic carbocycles. The van der Waals surface area contributed by atoms with Crippen molar-refractivity contribution in [1.29, 1.82) is 0 Å². The Balaban J connectivity index is 2.31. The average molecular weight is 660 g/mol. The minimum Gasteiger partial charge on any atom is -0.444 e. The Kier molecular flexibility index (Phi) is 11.5. The molecular formula is C26H24F8N2O9. The predicted molar refractivity (Wildman–Crippen MR) is 132 cm³/mol. The highest BCUT2D eigenvalue weighted by Crippen LogP contribution is 2.38. The number of ether oxygens (including phenoxy) is 3. The molecule has 0 aliphatic rings. The first-order valence-electron chi connectivity index (χ1n) is 12.2. The number of carbonyl (C=O) groups is 4. The molecule has 2 aromatic carbocycles. The Hall–Kier alpha value is -4.52. The molecule has 2 N–H and O–H groups in total. The summed E-state index contributed by atoms with van der Waals surface area (Å²) in [6.07, 6.45) is -2.50. The number of ketones is 2. The molecule has 0 atom stereocenters. The first kappa shape index (κ1) is 36.7. The zero-order chi connectivity index (χ0) is 34.6. The summed E-state index contributed by atoms with van der Waals surface area (Å²) in [6, 6.07) is 0. The number of carbonyl (C=O) groups excluding carboxylic acids is 4. The Morgan fingerprint density at radius 1 is 0.511 bits per heavy atom. The number of hydrogen-bond acceptors (Lipinski definition) is 9. The fourth-order valence-electron chi connectivity index (χ4n) is 3.06. The van der Waals surface area contributed by atoms with E-state index in [1.807, 2.05) is 0 Å². The molecule has 248 valence electrons. The highest BCUT2D eigenvalue weighted by Gasteiger charge is 2.35. The molecule has 2 amide bonds. The zero-order valence-electron chi connectivity index (χ0n) is 24.1. The Bertz CT molecular complexity index is 1350. The van der Waals surface area contributed by atoms with Crippen LogP contribution in [0.2, 0.25) is 0 Å². The van der Waals surface area contributed by atoms with Gasteiger partial charge in [-0.3, -0.25) is 19.3 Å². The lowest BCUT2D eigenvalue weighted by Gasteiger charge is -2.19. The first-order valence-corrected chi connectivity index (χ1v) is 12.2. The summed E-state index contributed by atoms with van der Waals surface area (Å²) >= 11 is 0. The van der Waals surface area contributed by atoms with Crippen molar-refractivity contribution in [3.63, 3.8) is 0 Å². The number of hydroxylamine groups is 2. The van der Waals surface area contributed by atoms with Crippen LogP contribution in [0.15, 0.2) is 0 Å². The molecule has 0 aliphatic heterocycles. The lowest BCUT2D eigenvalue weighted by atomic mass is 10.1. The molecule has 0 radical (unpaired) electrons. The standard InChI is InChI=1S/C26H24F8N2O9/c1-25(2,3)44-23(39)35-41-7-9(37)11-13(27)17(31)21(18(32)14(11)28)43-22-19(33)15(29)12(16(30)20(22)34)10(38)8-42-36-24(40)45-26(4,5)6/h7-8H2,1-6H3,(H,35,39)(H,36,40). The second-order valence-electron chi connectivity index (χ2n) is 10.7. The summed E-state index contributed by atoms with van der Waals surface area (Å²) < 4.78 is 130. The number of Topliss-reactive ketones (excluding diaryl/α,β-unsaturated/α-hetero) is 2. The van der Waals surface area contributed by atoms with Gasteiger partial charge < -0.3 is 14.2 Å². The van der Waals surface area contributed by atoms with E-state index in [-0.39, 0.29) is 0 Å². The summed E-state index contributed by atoms with van der Waals surface area (Å²) in [5.41, 5.74) is -2.77. The van der Waals surface area contributed by atoms with E-state index in [1.54, 1.807) is 11.0 Å². The molecule has 0 heterocycles. The van der Waals surface area contributed by atoms with E-state index in [4.69, 9.17) is 9.47 Å². The van der Waals surface area contributed by atoms with E-state index in [0.717, 1.165) is 0 Å². The average Bonchev–Trinajstić information content (AvgIpc) is 2.88. The first-order chi connectivity index (χ1) is 20.6. The van der Waals surface area contributed by atoms with E-state index in [1.165, 1.54) is 41.5 Å². The van der Waals surface area contributed by atoms with Crippen molar-refractivity contribution in [2.75, 3.05) is 13.2 Å². The molecule has 19 heteroatoms. The molecule has 0 spiro atoms. The van der Waals surface area contributed by atoms with Crippen molar-refractivity contribution in [3.05, 3.63) is 57.7 Å². The SMILES string of the molecule is CC(C)(C)OC(=O)NOCC(=O)c1c(F)c(F)c(Oc2c(F)c(F)c(C(=O)CONC(=O)OC(C)(C)C)c(F)c2F)c(F)c1F.